The Morgan fingerprint density at radius 3 is 1.69 bits per heavy atom. The van der Waals surface area contributed by atoms with E-state index in [4.69, 9.17) is 0 Å². The minimum atomic E-state index is -0.125. The molecule has 0 aliphatic heterocycles. The van der Waals surface area contributed by atoms with Gasteiger partial charge in [-0.1, -0.05) is 186 Å². The first-order valence-electron chi connectivity index (χ1n) is 19.7. The Labute approximate surface area is 318 Å². The molecule has 0 nitrogen and oxygen atoms in total. The average molecular weight is 693 g/mol. The van der Waals surface area contributed by atoms with Crippen molar-refractivity contribution in [3.8, 4) is 22.3 Å². The predicted octanol–water partition coefficient (Wildman–Crippen LogP) is 14.6. The molecule has 3 aliphatic rings. The predicted molar refractivity (Wildman–Crippen MR) is 231 cm³/mol. The number of aryl methyl sites for hydroxylation is 1. The molecule has 0 radical (unpaired) electrons. The Bertz CT molecular complexity index is 2990. The topological polar surface area (TPSA) is 0 Å². The molecular weight excluding hydrogens is 649 g/mol. The van der Waals surface area contributed by atoms with E-state index in [0.717, 1.165) is 0 Å². The van der Waals surface area contributed by atoms with Crippen LogP contribution in [-0.4, -0.2) is 0 Å². The van der Waals surface area contributed by atoms with E-state index in [1.807, 2.05) is 0 Å². The van der Waals surface area contributed by atoms with E-state index in [1.165, 1.54) is 104 Å². The first-order chi connectivity index (χ1) is 26.1. The van der Waals surface area contributed by atoms with Crippen LogP contribution in [-0.2, 0) is 10.8 Å². The van der Waals surface area contributed by atoms with Gasteiger partial charge < -0.3 is 0 Å². The molecule has 0 saturated carbocycles. The molecule has 0 aromatic heterocycles. The lowest BCUT2D eigenvalue weighted by Crippen LogP contribution is -2.37. The number of benzene rings is 8. The second-order valence-corrected chi connectivity index (χ2v) is 17.4. The molecule has 0 fully saturated rings. The summed E-state index contributed by atoms with van der Waals surface area (Å²) in [6, 6.07) is 52.5. The SMILES string of the molecule is Cc1cc2c(c3ccccc13)C1C=C3C(=CC1(C)C2(C)C)c1c(ccc2c1ccc1c(-c4ccccc4)c4ccccc4c(-c4ccccc4)c12)C3(C)C. The molecule has 0 amide bonds. The molecule has 3 aliphatic carbocycles. The first kappa shape index (κ1) is 31.8. The van der Waals surface area contributed by atoms with Crippen LogP contribution < -0.4 is 0 Å². The lowest BCUT2D eigenvalue weighted by molar-refractivity contribution is 0.244. The van der Waals surface area contributed by atoms with Gasteiger partial charge in [0.25, 0.3) is 0 Å². The monoisotopic (exact) mass is 692 g/mol. The zero-order chi connectivity index (χ0) is 36.7. The second kappa shape index (κ2) is 10.7. The lowest BCUT2D eigenvalue weighted by atomic mass is 9.59. The number of allylic oxidation sites excluding steroid dienone is 4. The van der Waals surface area contributed by atoms with Crippen molar-refractivity contribution in [2.75, 3.05) is 0 Å². The van der Waals surface area contributed by atoms with E-state index in [9.17, 15) is 0 Å². The quantitative estimate of drug-likeness (QED) is 0.125. The van der Waals surface area contributed by atoms with E-state index < -0.39 is 0 Å². The summed E-state index contributed by atoms with van der Waals surface area (Å²) in [4.78, 5) is 0. The Morgan fingerprint density at radius 1 is 0.463 bits per heavy atom. The molecule has 0 heteroatoms. The zero-order valence-corrected chi connectivity index (χ0v) is 32.0. The van der Waals surface area contributed by atoms with Crippen LogP contribution in [0.3, 0.4) is 0 Å². The summed E-state index contributed by atoms with van der Waals surface area (Å²) in [7, 11) is 0. The van der Waals surface area contributed by atoms with Gasteiger partial charge in [0.1, 0.15) is 0 Å². The molecule has 260 valence electrons. The molecule has 0 spiro atoms. The summed E-state index contributed by atoms with van der Waals surface area (Å²) in [6.45, 7) is 14.7. The van der Waals surface area contributed by atoms with Gasteiger partial charge in [0, 0.05) is 16.7 Å². The molecule has 11 rings (SSSR count). The lowest BCUT2D eigenvalue weighted by Gasteiger charge is -2.43. The molecule has 0 N–H and O–H groups in total. The molecule has 8 aromatic rings. The highest BCUT2D eigenvalue weighted by Crippen LogP contribution is 2.68. The normalized spacial score (nSPS) is 20.4. The largest absolute Gasteiger partial charge is 0.0714 e. The summed E-state index contributed by atoms with van der Waals surface area (Å²) in [5, 5.41) is 10.7. The van der Waals surface area contributed by atoms with Gasteiger partial charge in [0.05, 0.1) is 0 Å². The Kier molecular flexibility index (Phi) is 6.30. The van der Waals surface area contributed by atoms with Crippen LogP contribution in [0.5, 0.6) is 0 Å². The van der Waals surface area contributed by atoms with E-state index in [0.29, 0.717) is 5.92 Å². The van der Waals surface area contributed by atoms with Gasteiger partial charge in [0.2, 0.25) is 0 Å². The van der Waals surface area contributed by atoms with Gasteiger partial charge in [-0.2, -0.15) is 0 Å². The van der Waals surface area contributed by atoms with E-state index in [2.05, 4.69) is 193 Å². The highest BCUT2D eigenvalue weighted by Gasteiger charge is 2.57. The zero-order valence-electron chi connectivity index (χ0n) is 32.0. The maximum Gasteiger partial charge on any atom is 0.0156 e. The maximum atomic E-state index is 2.72. The third kappa shape index (κ3) is 3.89. The van der Waals surface area contributed by atoms with Gasteiger partial charge in [-0.25, -0.2) is 0 Å². The number of rotatable bonds is 2. The number of fused-ring (bicyclic) bond motifs is 13. The van der Waals surface area contributed by atoms with Gasteiger partial charge in [-0.05, 0) is 117 Å². The van der Waals surface area contributed by atoms with Crippen molar-refractivity contribution in [3.05, 3.63) is 185 Å². The molecule has 0 bridgehead atoms. The minimum absolute atomic E-state index is 0.0506. The summed E-state index contributed by atoms with van der Waals surface area (Å²) < 4.78 is 0. The highest BCUT2D eigenvalue weighted by atomic mass is 14.6. The fourth-order valence-corrected chi connectivity index (χ4v) is 11.2. The van der Waals surface area contributed by atoms with Crippen LogP contribution in [0, 0.1) is 12.3 Å². The first-order valence-corrected chi connectivity index (χ1v) is 19.7. The Balaban J connectivity index is 1.25. The van der Waals surface area contributed by atoms with E-state index in [-0.39, 0.29) is 16.2 Å². The summed E-state index contributed by atoms with van der Waals surface area (Å²) in [6.07, 6.45) is 5.43. The van der Waals surface area contributed by atoms with Gasteiger partial charge in [-0.15, -0.1) is 0 Å². The van der Waals surface area contributed by atoms with Crippen molar-refractivity contribution >= 4 is 48.7 Å². The average Bonchev–Trinajstić information content (AvgIpc) is 3.51. The molecule has 2 unspecified atom stereocenters. The molecule has 54 heavy (non-hydrogen) atoms. The fourth-order valence-electron chi connectivity index (χ4n) is 11.2. The van der Waals surface area contributed by atoms with Crippen molar-refractivity contribution in [2.45, 2.75) is 58.3 Å². The third-order valence-electron chi connectivity index (χ3n) is 14.3. The van der Waals surface area contributed by atoms with Crippen LogP contribution in [0.4, 0.5) is 0 Å². The molecule has 0 heterocycles. The van der Waals surface area contributed by atoms with Crippen LogP contribution in [0.2, 0.25) is 0 Å². The van der Waals surface area contributed by atoms with Crippen molar-refractivity contribution in [2.24, 2.45) is 5.41 Å². The van der Waals surface area contributed by atoms with Crippen molar-refractivity contribution in [1.29, 1.82) is 0 Å². The van der Waals surface area contributed by atoms with E-state index in [1.54, 1.807) is 0 Å². The number of hydrogen-bond donors (Lipinski definition) is 0. The summed E-state index contributed by atoms with van der Waals surface area (Å²) >= 11 is 0. The van der Waals surface area contributed by atoms with E-state index >= 15 is 0 Å². The van der Waals surface area contributed by atoms with Crippen LogP contribution in [0.25, 0.3) is 70.9 Å². The van der Waals surface area contributed by atoms with Crippen molar-refractivity contribution in [1.82, 2.24) is 0 Å². The summed E-state index contributed by atoms with van der Waals surface area (Å²) in [5.41, 5.74) is 15.1. The van der Waals surface area contributed by atoms with Crippen LogP contribution in [0.15, 0.2) is 157 Å². The summed E-state index contributed by atoms with van der Waals surface area (Å²) in [5.74, 6) is 0.303. The second-order valence-electron chi connectivity index (χ2n) is 17.4. The maximum absolute atomic E-state index is 2.72. The van der Waals surface area contributed by atoms with Gasteiger partial charge in [0.15, 0.2) is 0 Å². The molecule has 8 aromatic carbocycles. The van der Waals surface area contributed by atoms with Crippen molar-refractivity contribution < 1.29 is 0 Å². The minimum Gasteiger partial charge on any atom is -0.0714 e. The third-order valence-corrected chi connectivity index (χ3v) is 14.3. The number of hydrogen-bond acceptors (Lipinski definition) is 0. The van der Waals surface area contributed by atoms with Gasteiger partial charge in [-0.3, -0.25) is 0 Å². The smallest absolute Gasteiger partial charge is 0.0156 e. The highest BCUT2D eigenvalue weighted by molar-refractivity contribution is 6.29. The van der Waals surface area contributed by atoms with Crippen LogP contribution in [0.1, 0.15) is 68.4 Å². The van der Waals surface area contributed by atoms with Crippen LogP contribution >= 0.6 is 0 Å². The molecular formula is C54H44. The van der Waals surface area contributed by atoms with Gasteiger partial charge >= 0.3 is 0 Å². The van der Waals surface area contributed by atoms with Crippen molar-refractivity contribution in [3.63, 3.8) is 0 Å². The molecule has 0 saturated heterocycles. The standard InChI is InChI=1S/C54H44/c1-32-29-45-51(36-22-14-13-21-35(32)36)46-30-44-42(31-54(46,6)53(45,4)5)49-39-25-26-41-47(33-17-9-7-10-18-33)37-23-15-16-24-38(37)48(34-19-11-8-12-20-34)50(41)40(39)27-28-43(49)52(44,2)3/h7-31,46H,1-6H3. The Hall–Kier alpha value is -5.72. The molecule has 2 atom stereocenters. The Morgan fingerprint density at radius 2 is 1.00 bits per heavy atom. The fraction of sp³-hybridized carbons (Fsp3) is 0.185.